The fraction of sp³-hybridized carbons (Fsp3) is 0.458. The molecular formula is C24H33N3O4. The molecule has 0 saturated carbocycles. The van der Waals surface area contributed by atoms with Crippen molar-refractivity contribution in [1.29, 1.82) is 0 Å². The van der Waals surface area contributed by atoms with Crippen LogP contribution in [0.3, 0.4) is 0 Å². The van der Waals surface area contributed by atoms with Crippen LogP contribution in [-0.4, -0.2) is 75.3 Å². The van der Waals surface area contributed by atoms with Gasteiger partial charge in [0, 0.05) is 32.7 Å². The van der Waals surface area contributed by atoms with E-state index in [0.29, 0.717) is 18.0 Å². The Kier molecular flexibility index (Phi) is 8.14. The molecule has 0 radical (unpaired) electrons. The van der Waals surface area contributed by atoms with Gasteiger partial charge < -0.3 is 19.5 Å². The Balaban J connectivity index is 1.42. The van der Waals surface area contributed by atoms with Crippen LogP contribution >= 0.6 is 0 Å². The van der Waals surface area contributed by atoms with Crippen molar-refractivity contribution >= 4 is 11.6 Å². The number of rotatable bonds is 9. The van der Waals surface area contributed by atoms with E-state index in [2.05, 4.69) is 15.1 Å². The SMILES string of the molecule is COc1ccc(OCCN2CCN([C@@H](C)C(=O)Nc3cc(C)ccc3OC)CC2)cc1. The first-order chi connectivity index (χ1) is 15.0. The average Bonchev–Trinajstić information content (AvgIpc) is 2.79. The molecule has 0 spiro atoms. The van der Waals surface area contributed by atoms with Gasteiger partial charge in [-0.25, -0.2) is 0 Å². The van der Waals surface area contributed by atoms with Crippen molar-refractivity contribution in [3.8, 4) is 17.2 Å². The number of nitrogens with zero attached hydrogens (tertiary/aromatic N) is 2. The molecule has 0 aliphatic carbocycles. The van der Waals surface area contributed by atoms with Crippen molar-refractivity contribution in [2.45, 2.75) is 19.9 Å². The van der Waals surface area contributed by atoms with E-state index in [1.807, 2.05) is 56.3 Å². The van der Waals surface area contributed by atoms with Crippen molar-refractivity contribution in [2.75, 3.05) is 58.9 Å². The van der Waals surface area contributed by atoms with Crippen LogP contribution in [0.25, 0.3) is 0 Å². The average molecular weight is 428 g/mol. The predicted octanol–water partition coefficient (Wildman–Crippen LogP) is 3.04. The van der Waals surface area contributed by atoms with E-state index in [1.165, 1.54) is 0 Å². The van der Waals surface area contributed by atoms with Crippen LogP contribution in [0.4, 0.5) is 5.69 Å². The lowest BCUT2D eigenvalue weighted by atomic mass is 10.1. The zero-order valence-electron chi connectivity index (χ0n) is 18.9. The zero-order valence-corrected chi connectivity index (χ0v) is 18.9. The first kappa shape index (κ1) is 22.9. The van der Waals surface area contributed by atoms with Gasteiger partial charge in [-0.15, -0.1) is 0 Å². The van der Waals surface area contributed by atoms with Crippen LogP contribution < -0.4 is 19.5 Å². The van der Waals surface area contributed by atoms with Crippen LogP contribution in [0.1, 0.15) is 12.5 Å². The third kappa shape index (κ3) is 6.35. The summed E-state index contributed by atoms with van der Waals surface area (Å²) in [7, 11) is 3.26. The van der Waals surface area contributed by atoms with Crippen molar-refractivity contribution in [3.05, 3.63) is 48.0 Å². The maximum atomic E-state index is 12.8. The van der Waals surface area contributed by atoms with Gasteiger partial charge in [-0.05, 0) is 55.8 Å². The van der Waals surface area contributed by atoms with E-state index >= 15 is 0 Å². The van der Waals surface area contributed by atoms with Crippen LogP contribution in [0.15, 0.2) is 42.5 Å². The third-order valence-corrected chi connectivity index (χ3v) is 5.68. The lowest BCUT2D eigenvalue weighted by Gasteiger charge is -2.37. The number of ether oxygens (including phenoxy) is 3. The fourth-order valence-corrected chi connectivity index (χ4v) is 3.66. The number of benzene rings is 2. The Morgan fingerprint density at radius 3 is 2.32 bits per heavy atom. The molecule has 1 N–H and O–H groups in total. The van der Waals surface area contributed by atoms with E-state index in [0.717, 1.165) is 49.8 Å². The van der Waals surface area contributed by atoms with Crippen molar-refractivity contribution < 1.29 is 19.0 Å². The monoisotopic (exact) mass is 427 g/mol. The molecule has 1 atom stereocenters. The fourth-order valence-electron chi connectivity index (χ4n) is 3.66. The standard InChI is InChI=1S/C24H33N3O4/c1-18-5-10-23(30-4)22(17-18)25-24(28)19(2)27-13-11-26(12-14-27)15-16-31-21-8-6-20(29-3)7-9-21/h5-10,17,19H,11-16H2,1-4H3,(H,25,28)/t19-/m0/s1. The number of aryl methyl sites for hydroxylation is 1. The summed E-state index contributed by atoms with van der Waals surface area (Å²) in [5.74, 6) is 2.33. The molecule has 7 heteroatoms. The van der Waals surface area contributed by atoms with Gasteiger partial charge in [-0.1, -0.05) is 6.07 Å². The second kappa shape index (κ2) is 11.0. The normalized spacial score (nSPS) is 15.9. The smallest absolute Gasteiger partial charge is 0.241 e. The summed E-state index contributed by atoms with van der Waals surface area (Å²) in [6, 6.07) is 13.2. The molecule has 31 heavy (non-hydrogen) atoms. The summed E-state index contributed by atoms with van der Waals surface area (Å²) in [6.07, 6.45) is 0. The number of amides is 1. The van der Waals surface area contributed by atoms with Crippen molar-refractivity contribution in [3.63, 3.8) is 0 Å². The van der Waals surface area contributed by atoms with Gasteiger partial charge in [0.25, 0.3) is 0 Å². The van der Waals surface area contributed by atoms with Crippen LogP contribution in [-0.2, 0) is 4.79 Å². The molecular weight excluding hydrogens is 394 g/mol. The Morgan fingerprint density at radius 1 is 1.00 bits per heavy atom. The Labute approximate surface area is 184 Å². The summed E-state index contributed by atoms with van der Waals surface area (Å²) in [5, 5.41) is 3.02. The summed E-state index contributed by atoms with van der Waals surface area (Å²) in [6.45, 7) is 8.98. The van der Waals surface area contributed by atoms with E-state index in [9.17, 15) is 4.79 Å². The van der Waals surface area contributed by atoms with Gasteiger partial charge in [0.2, 0.25) is 5.91 Å². The van der Waals surface area contributed by atoms with E-state index < -0.39 is 0 Å². The second-order valence-corrected chi connectivity index (χ2v) is 7.77. The minimum Gasteiger partial charge on any atom is -0.497 e. The molecule has 1 aliphatic heterocycles. The van der Waals surface area contributed by atoms with Crippen LogP contribution in [0.5, 0.6) is 17.2 Å². The highest BCUT2D eigenvalue weighted by atomic mass is 16.5. The van der Waals surface area contributed by atoms with E-state index in [4.69, 9.17) is 14.2 Å². The van der Waals surface area contributed by atoms with Gasteiger partial charge in [-0.2, -0.15) is 0 Å². The predicted molar refractivity (Wildman–Crippen MR) is 122 cm³/mol. The van der Waals surface area contributed by atoms with Crippen molar-refractivity contribution in [2.24, 2.45) is 0 Å². The summed E-state index contributed by atoms with van der Waals surface area (Å²) < 4.78 is 16.4. The Hall–Kier alpha value is -2.77. The summed E-state index contributed by atoms with van der Waals surface area (Å²) in [4.78, 5) is 17.4. The molecule has 0 aromatic heterocycles. The maximum absolute atomic E-state index is 12.8. The number of piperazine rings is 1. The highest BCUT2D eigenvalue weighted by molar-refractivity contribution is 5.96. The lowest BCUT2D eigenvalue weighted by Crippen LogP contribution is -2.53. The second-order valence-electron chi connectivity index (χ2n) is 7.77. The van der Waals surface area contributed by atoms with E-state index in [-0.39, 0.29) is 11.9 Å². The first-order valence-electron chi connectivity index (χ1n) is 10.7. The molecule has 2 aromatic rings. The number of hydrogen-bond acceptors (Lipinski definition) is 6. The number of carbonyl (C=O) groups is 1. The van der Waals surface area contributed by atoms with Gasteiger partial charge in [0.1, 0.15) is 23.9 Å². The van der Waals surface area contributed by atoms with Gasteiger partial charge in [-0.3, -0.25) is 14.6 Å². The Morgan fingerprint density at radius 2 is 1.68 bits per heavy atom. The maximum Gasteiger partial charge on any atom is 0.241 e. The Bertz CT molecular complexity index is 848. The number of carbonyl (C=O) groups excluding carboxylic acids is 1. The molecule has 3 rings (SSSR count). The topological polar surface area (TPSA) is 63.3 Å². The highest BCUT2D eigenvalue weighted by Crippen LogP contribution is 2.25. The van der Waals surface area contributed by atoms with Crippen LogP contribution in [0, 0.1) is 6.92 Å². The summed E-state index contributed by atoms with van der Waals surface area (Å²) >= 11 is 0. The summed E-state index contributed by atoms with van der Waals surface area (Å²) in [5.41, 5.74) is 1.79. The van der Waals surface area contributed by atoms with Gasteiger partial charge >= 0.3 is 0 Å². The molecule has 0 bridgehead atoms. The molecule has 1 saturated heterocycles. The van der Waals surface area contributed by atoms with Gasteiger partial charge in [0.15, 0.2) is 0 Å². The van der Waals surface area contributed by atoms with Gasteiger partial charge in [0.05, 0.1) is 25.9 Å². The molecule has 1 amide bonds. The quantitative estimate of drug-likeness (QED) is 0.664. The first-order valence-corrected chi connectivity index (χ1v) is 10.7. The minimum absolute atomic E-state index is 0.0137. The zero-order chi connectivity index (χ0) is 22.2. The molecule has 2 aromatic carbocycles. The molecule has 0 unspecified atom stereocenters. The molecule has 1 fully saturated rings. The number of methoxy groups -OCH3 is 2. The number of hydrogen-bond donors (Lipinski definition) is 1. The largest absolute Gasteiger partial charge is 0.497 e. The lowest BCUT2D eigenvalue weighted by molar-refractivity contribution is -0.121. The third-order valence-electron chi connectivity index (χ3n) is 5.68. The van der Waals surface area contributed by atoms with Crippen LogP contribution in [0.2, 0.25) is 0 Å². The van der Waals surface area contributed by atoms with E-state index in [1.54, 1.807) is 14.2 Å². The molecule has 7 nitrogen and oxygen atoms in total. The molecule has 1 aliphatic rings. The minimum atomic E-state index is -0.206. The van der Waals surface area contributed by atoms with Crippen molar-refractivity contribution in [1.82, 2.24) is 9.80 Å². The molecule has 1 heterocycles. The highest BCUT2D eigenvalue weighted by Gasteiger charge is 2.26. The number of nitrogens with one attached hydrogen (secondary N) is 1. The molecule has 168 valence electrons. The number of anilines is 1.